The van der Waals surface area contributed by atoms with Crippen LogP contribution in [0.25, 0.3) is 10.8 Å². The molecule has 2 aromatic rings. The van der Waals surface area contributed by atoms with E-state index in [0.717, 1.165) is 16.5 Å². The lowest BCUT2D eigenvalue weighted by molar-refractivity contribution is 0.597. The van der Waals surface area contributed by atoms with Gasteiger partial charge in [0.1, 0.15) is 0 Å². The molecule has 0 saturated carbocycles. The fourth-order valence-electron chi connectivity index (χ4n) is 2.04. The first kappa shape index (κ1) is 8.73. The van der Waals surface area contributed by atoms with Crippen LogP contribution in [0, 0.1) is 0 Å². The summed E-state index contributed by atoms with van der Waals surface area (Å²) in [6, 6.07) is 11.0. The third-order valence-corrected chi connectivity index (χ3v) is 4.64. The Morgan fingerprint density at radius 3 is 2.47 bits per heavy atom. The quantitative estimate of drug-likeness (QED) is 0.679. The predicted octanol–water partition coefficient (Wildman–Crippen LogP) is 1.98. The summed E-state index contributed by atoms with van der Waals surface area (Å²) in [7, 11) is -1.72. The molecular formula is C11H9NO2S. The molecule has 15 heavy (non-hydrogen) atoms. The predicted molar refractivity (Wildman–Crippen MR) is 59.5 cm³/mol. The van der Waals surface area contributed by atoms with Crippen LogP contribution in [0.4, 0.5) is 5.69 Å². The number of sulfonamides is 1. The Labute approximate surface area is 88.0 Å². The second-order valence-corrected chi connectivity index (χ2v) is 5.54. The third-order valence-electron chi connectivity index (χ3n) is 2.82. The molecule has 0 atom stereocenters. The van der Waals surface area contributed by atoms with E-state index in [0.29, 0.717) is 4.90 Å². The van der Waals surface area contributed by atoms with Crippen LogP contribution in [-0.4, -0.2) is 15.5 Å². The van der Waals surface area contributed by atoms with E-state index in [1.807, 2.05) is 24.3 Å². The van der Waals surface area contributed by atoms with Crippen molar-refractivity contribution in [3.8, 4) is 0 Å². The van der Waals surface area contributed by atoms with Crippen LogP contribution in [-0.2, 0) is 10.0 Å². The van der Waals surface area contributed by atoms with Crippen LogP contribution in [0.3, 0.4) is 0 Å². The summed E-state index contributed by atoms with van der Waals surface area (Å²) in [6.07, 6.45) is 0. The average molecular weight is 219 g/mol. The molecule has 0 fully saturated rings. The number of hydrogen-bond acceptors (Lipinski definition) is 2. The van der Waals surface area contributed by atoms with Crippen LogP contribution >= 0.6 is 0 Å². The zero-order chi connectivity index (χ0) is 10.6. The van der Waals surface area contributed by atoms with Gasteiger partial charge in [0, 0.05) is 12.4 Å². The molecule has 0 aromatic heterocycles. The van der Waals surface area contributed by atoms with E-state index < -0.39 is 10.0 Å². The number of nitrogens with zero attached hydrogens (tertiary/aromatic N) is 1. The van der Waals surface area contributed by atoms with Crippen molar-refractivity contribution < 1.29 is 8.42 Å². The second kappa shape index (κ2) is 2.52. The van der Waals surface area contributed by atoms with Gasteiger partial charge in [-0.15, -0.1) is 0 Å². The number of hydrogen-bond donors (Lipinski definition) is 0. The molecule has 0 radical (unpaired) electrons. The Balaban J connectivity index is 2.62. The first-order valence-electron chi connectivity index (χ1n) is 4.63. The minimum atomic E-state index is -3.30. The van der Waals surface area contributed by atoms with E-state index in [4.69, 9.17) is 0 Å². The fraction of sp³-hybridized carbons (Fsp3) is 0.0909. The lowest BCUT2D eigenvalue weighted by Crippen LogP contribution is -2.21. The maximum Gasteiger partial charge on any atom is 0.264 e. The van der Waals surface area contributed by atoms with Gasteiger partial charge in [0.05, 0.1) is 10.6 Å². The Hall–Kier alpha value is -1.55. The highest BCUT2D eigenvalue weighted by Gasteiger charge is 2.32. The van der Waals surface area contributed by atoms with Gasteiger partial charge in [-0.05, 0) is 17.5 Å². The molecule has 0 aliphatic carbocycles. The summed E-state index contributed by atoms with van der Waals surface area (Å²) < 4.78 is 25.3. The van der Waals surface area contributed by atoms with E-state index >= 15 is 0 Å². The van der Waals surface area contributed by atoms with Crippen LogP contribution in [0.2, 0.25) is 0 Å². The van der Waals surface area contributed by atoms with Gasteiger partial charge < -0.3 is 0 Å². The number of benzene rings is 2. The molecule has 4 heteroatoms. The molecule has 1 heterocycles. The molecule has 1 aliphatic heterocycles. The zero-order valence-electron chi connectivity index (χ0n) is 8.14. The Kier molecular flexibility index (Phi) is 1.47. The van der Waals surface area contributed by atoms with E-state index in [1.54, 1.807) is 19.2 Å². The van der Waals surface area contributed by atoms with Crippen molar-refractivity contribution >= 4 is 26.5 Å². The van der Waals surface area contributed by atoms with Gasteiger partial charge in [-0.3, -0.25) is 4.31 Å². The van der Waals surface area contributed by atoms with Crippen LogP contribution in [0.1, 0.15) is 0 Å². The topological polar surface area (TPSA) is 37.4 Å². The van der Waals surface area contributed by atoms with Crippen molar-refractivity contribution in [3.05, 3.63) is 36.4 Å². The van der Waals surface area contributed by atoms with Crippen molar-refractivity contribution in [2.24, 2.45) is 0 Å². The minimum Gasteiger partial charge on any atom is -0.269 e. The molecular weight excluding hydrogens is 210 g/mol. The van der Waals surface area contributed by atoms with E-state index in [2.05, 4.69) is 0 Å². The minimum absolute atomic E-state index is 0.415. The SMILES string of the molecule is CN1c2cccc3cccc(c23)S1(=O)=O. The first-order valence-corrected chi connectivity index (χ1v) is 6.07. The Bertz CT molecular complexity index is 656. The van der Waals surface area contributed by atoms with Gasteiger partial charge in [-0.25, -0.2) is 8.42 Å². The van der Waals surface area contributed by atoms with Crippen molar-refractivity contribution in [1.82, 2.24) is 0 Å². The monoisotopic (exact) mass is 219 g/mol. The molecule has 1 aliphatic rings. The van der Waals surface area contributed by atoms with Gasteiger partial charge in [0.25, 0.3) is 10.0 Å². The van der Waals surface area contributed by atoms with E-state index in [-0.39, 0.29) is 0 Å². The normalized spacial score (nSPS) is 17.3. The summed E-state index contributed by atoms with van der Waals surface area (Å²) in [6.45, 7) is 0. The molecule has 76 valence electrons. The number of rotatable bonds is 0. The van der Waals surface area contributed by atoms with E-state index in [9.17, 15) is 8.42 Å². The molecule has 0 amide bonds. The second-order valence-electron chi connectivity index (χ2n) is 3.60. The first-order chi connectivity index (χ1) is 7.12. The standard InChI is InChI=1S/C11H9NO2S/c1-12-9-6-2-4-8-5-3-7-10(11(8)9)15(12,13)14/h2-7H,1H3. The lowest BCUT2D eigenvalue weighted by Gasteiger charge is -2.10. The summed E-state index contributed by atoms with van der Waals surface area (Å²) in [5.74, 6) is 0. The van der Waals surface area contributed by atoms with Crippen LogP contribution < -0.4 is 4.31 Å². The smallest absolute Gasteiger partial charge is 0.264 e. The Morgan fingerprint density at radius 1 is 1.07 bits per heavy atom. The van der Waals surface area contributed by atoms with Crippen molar-refractivity contribution in [2.75, 3.05) is 11.4 Å². The highest BCUT2D eigenvalue weighted by atomic mass is 32.2. The van der Waals surface area contributed by atoms with Crippen LogP contribution in [0.5, 0.6) is 0 Å². The third kappa shape index (κ3) is 0.920. The van der Waals surface area contributed by atoms with Gasteiger partial charge in [0.2, 0.25) is 0 Å². The summed E-state index contributed by atoms with van der Waals surface area (Å²) >= 11 is 0. The van der Waals surface area contributed by atoms with Crippen molar-refractivity contribution in [3.63, 3.8) is 0 Å². The molecule has 0 saturated heterocycles. The van der Waals surface area contributed by atoms with Crippen LogP contribution in [0.15, 0.2) is 41.3 Å². The Morgan fingerprint density at radius 2 is 1.73 bits per heavy atom. The maximum absolute atomic E-state index is 12.0. The molecule has 0 bridgehead atoms. The summed E-state index contributed by atoms with van der Waals surface area (Å²) in [5, 5.41) is 1.81. The molecule has 3 nitrogen and oxygen atoms in total. The van der Waals surface area contributed by atoms with Crippen molar-refractivity contribution in [1.29, 1.82) is 0 Å². The zero-order valence-corrected chi connectivity index (χ0v) is 8.95. The molecule has 3 rings (SSSR count). The van der Waals surface area contributed by atoms with E-state index in [1.165, 1.54) is 4.31 Å². The maximum atomic E-state index is 12.0. The molecule has 2 aromatic carbocycles. The lowest BCUT2D eigenvalue weighted by atomic mass is 10.1. The largest absolute Gasteiger partial charge is 0.269 e. The molecule has 0 spiro atoms. The van der Waals surface area contributed by atoms with Gasteiger partial charge >= 0.3 is 0 Å². The van der Waals surface area contributed by atoms with Gasteiger partial charge in [-0.1, -0.05) is 24.3 Å². The summed E-state index contributed by atoms with van der Waals surface area (Å²) in [5.41, 5.74) is 0.767. The fourth-order valence-corrected chi connectivity index (χ4v) is 3.48. The summed E-state index contributed by atoms with van der Waals surface area (Å²) in [4.78, 5) is 0.415. The average Bonchev–Trinajstić information content (AvgIpc) is 2.43. The molecule has 0 N–H and O–H groups in total. The van der Waals surface area contributed by atoms with Gasteiger partial charge in [0.15, 0.2) is 0 Å². The highest BCUT2D eigenvalue weighted by Crippen LogP contribution is 2.40. The van der Waals surface area contributed by atoms with Gasteiger partial charge in [-0.2, -0.15) is 0 Å². The molecule has 0 unspecified atom stereocenters. The van der Waals surface area contributed by atoms with Crippen molar-refractivity contribution in [2.45, 2.75) is 4.90 Å². The highest BCUT2D eigenvalue weighted by molar-refractivity contribution is 7.93. The number of anilines is 1.